The zero-order chi connectivity index (χ0) is 14.7. The van der Waals surface area contributed by atoms with Crippen LogP contribution in [-0.4, -0.2) is 6.54 Å². The lowest BCUT2D eigenvalue weighted by atomic mass is 10.0. The molecule has 106 valence electrons. The molecule has 2 nitrogen and oxygen atoms in total. The molecule has 0 spiro atoms. The first-order valence-corrected chi connectivity index (χ1v) is 6.93. The van der Waals surface area contributed by atoms with Crippen molar-refractivity contribution in [3.8, 4) is 0 Å². The van der Waals surface area contributed by atoms with Gasteiger partial charge in [0.15, 0.2) is 0 Å². The molecule has 0 aliphatic carbocycles. The minimum atomic E-state index is -0.343. The summed E-state index contributed by atoms with van der Waals surface area (Å²) in [5.41, 5.74) is 9.62. The summed E-state index contributed by atoms with van der Waals surface area (Å²) >= 11 is 0. The van der Waals surface area contributed by atoms with Gasteiger partial charge in [0.1, 0.15) is 5.82 Å². The molecule has 0 bridgehead atoms. The average molecular weight is 272 g/mol. The van der Waals surface area contributed by atoms with Crippen molar-refractivity contribution in [1.82, 2.24) is 0 Å². The molecule has 2 aromatic carbocycles. The molecule has 2 rings (SSSR count). The van der Waals surface area contributed by atoms with Crippen LogP contribution in [0.3, 0.4) is 0 Å². The van der Waals surface area contributed by atoms with Gasteiger partial charge in [0.2, 0.25) is 0 Å². The molecular formula is C17H21FN2. The Bertz CT molecular complexity index is 593. The first-order valence-electron chi connectivity index (χ1n) is 6.93. The molecule has 0 aliphatic rings. The number of nitrogens with zero attached hydrogens (tertiary/aromatic N) is 1. The van der Waals surface area contributed by atoms with Crippen LogP contribution in [0.25, 0.3) is 0 Å². The Morgan fingerprint density at radius 3 is 2.35 bits per heavy atom. The fourth-order valence-corrected chi connectivity index (χ4v) is 2.55. The van der Waals surface area contributed by atoms with E-state index < -0.39 is 0 Å². The second-order valence-electron chi connectivity index (χ2n) is 4.99. The first kappa shape index (κ1) is 14.5. The van der Waals surface area contributed by atoms with E-state index in [0.717, 1.165) is 23.5 Å². The molecule has 0 aliphatic heterocycles. The van der Waals surface area contributed by atoms with Crippen molar-refractivity contribution in [3.63, 3.8) is 0 Å². The maximum absolute atomic E-state index is 14.1. The quantitative estimate of drug-likeness (QED) is 0.898. The van der Waals surface area contributed by atoms with Gasteiger partial charge >= 0.3 is 0 Å². The first-order chi connectivity index (χ1) is 9.56. The van der Waals surface area contributed by atoms with Crippen LogP contribution >= 0.6 is 0 Å². The third kappa shape index (κ3) is 2.68. The van der Waals surface area contributed by atoms with Gasteiger partial charge in [-0.25, -0.2) is 4.39 Å². The van der Waals surface area contributed by atoms with E-state index in [9.17, 15) is 4.39 Å². The van der Waals surface area contributed by atoms with Gasteiger partial charge in [-0.1, -0.05) is 24.3 Å². The zero-order valence-electron chi connectivity index (χ0n) is 12.2. The lowest BCUT2D eigenvalue weighted by Gasteiger charge is -2.28. The summed E-state index contributed by atoms with van der Waals surface area (Å²) in [6.07, 6.45) is 0. The number of benzene rings is 2. The van der Waals surface area contributed by atoms with Crippen molar-refractivity contribution in [2.24, 2.45) is 5.73 Å². The van der Waals surface area contributed by atoms with Crippen LogP contribution in [0, 0.1) is 12.7 Å². The molecule has 2 N–H and O–H groups in total. The average Bonchev–Trinajstić information content (AvgIpc) is 2.41. The monoisotopic (exact) mass is 272 g/mol. The summed E-state index contributed by atoms with van der Waals surface area (Å²) in [5, 5.41) is 0. The van der Waals surface area contributed by atoms with Crippen LogP contribution in [0.4, 0.5) is 15.8 Å². The topological polar surface area (TPSA) is 29.3 Å². The molecule has 0 heterocycles. The number of anilines is 2. The summed E-state index contributed by atoms with van der Waals surface area (Å²) in [4.78, 5) is 2.11. The lowest BCUT2D eigenvalue weighted by molar-refractivity contribution is 0.593. The summed E-state index contributed by atoms with van der Waals surface area (Å²) in [7, 11) is 0. The molecule has 20 heavy (non-hydrogen) atoms. The van der Waals surface area contributed by atoms with Gasteiger partial charge in [0.05, 0.1) is 0 Å². The van der Waals surface area contributed by atoms with Crippen LogP contribution in [0.1, 0.15) is 31.0 Å². The van der Waals surface area contributed by atoms with Gasteiger partial charge in [-0.2, -0.15) is 0 Å². The number of halogens is 1. The molecule has 0 unspecified atom stereocenters. The van der Waals surface area contributed by atoms with Crippen molar-refractivity contribution >= 4 is 11.4 Å². The Morgan fingerprint density at radius 2 is 1.75 bits per heavy atom. The largest absolute Gasteiger partial charge is 0.341 e. The van der Waals surface area contributed by atoms with E-state index in [1.807, 2.05) is 25.1 Å². The number of aryl methyl sites for hydroxylation is 1. The number of hydrogen-bond donors (Lipinski definition) is 1. The fraction of sp³-hybridized carbons (Fsp3) is 0.294. The van der Waals surface area contributed by atoms with Crippen molar-refractivity contribution in [2.75, 3.05) is 11.4 Å². The molecule has 0 radical (unpaired) electrons. The lowest BCUT2D eigenvalue weighted by Crippen LogP contribution is -2.21. The van der Waals surface area contributed by atoms with Crippen LogP contribution in [0.15, 0.2) is 42.5 Å². The van der Waals surface area contributed by atoms with Crippen LogP contribution in [0.5, 0.6) is 0 Å². The van der Waals surface area contributed by atoms with Crippen molar-refractivity contribution in [3.05, 3.63) is 59.4 Å². The zero-order valence-corrected chi connectivity index (χ0v) is 12.2. The van der Waals surface area contributed by atoms with Crippen LogP contribution in [0.2, 0.25) is 0 Å². The molecule has 0 saturated heterocycles. The van der Waals surface area contributed by atoms with Gasteiger partial charge in [0.25, 0.3) is 0 Å². The molecule has 0 saturated carbocycles. The third-order valence-corrected chi connectivity index (χ3v) is 3.50. The van der Waals surface area contributed by atoms with E-state index >= 15 is 0 Å². The minimum Gasteiger partial charge on any atom is -0.341 e. The van der Waals surface area contributed by atoms with E-state index in [0.29, 0.717) is 5.56 Å². The van der Waals surface area contributed by atoms with E-state index in [2.05, 4.69) is 30.9 Å². The van der Waals surface area contributed by atoms with Gasteiger partial charge in [-0.05, 0) is 44.5 Å². The fourth-order valence-electron chi connectivity index (χ4n) is 2.55. The van der Waals surface area contributed by atoms with E-state index in [-0.39, 0.29) is 11.9 Å². The second-order valence-corrected chi connectivity index (χ2v) is 4.99. The second kappa shape index (κ2) is 6.06. The summed E-state index contributed by atoms with van der Waals surface area (Å²) in [6.45, 7) is 6.69. The Hall–Kier alpha value is -1.87. The Balaban J connectivity index is 2.59. The number of hydrogen-bond acceptors (Lipinski definition) is 2. The van der Waals surface area contributed by atoms with Crippen molar-refractivity contribution in [1.29, 1.82) is 0 Å². The highest BCUT2D eigenvalue weighted by Gasteiger charge is 2.18. The highest BCUT2D eigenvalue weighted by molar-refractivity contribution is 5.69. The van der Waals surface area contributed by atoms with Gasteiger partial charge < -0.3 is 10.6 Å². The van der Waals surface area contributed by atoms with E-state index in [1.54, 1.807) is 6.07 Å². The van der Waals surface area contributed by atoms with Gasteiger partial charge in [-0.3, -0.25) is 0 Å². The summed E-state index contributed by atoms with van der Waals surface area (Å²) < 4.78 is 14.1. The number of nitrogens with two attached hydrogens (primary N) is 1. The smallest absolute Gasteiger partial charge is 0.130 e. The Morgan fingerprint density at radius 1 is 1.10 bits per heavy atom. The van der Waals surface area contributed by atoms with Crippen molar-refractivity contribution in [2.45, 2.75) is 26.8 Å². The normalized spacial score (nSPS) is 12.2. The Labute approximate surface area is 120 Å². The van der Waals surface area contributed by atoms with Crippen LogP contribution in [-0.2, 0) is 0 Å². The predicted octanol–water partition coefficient (Wildman–Crippen LogP) is 4.31. The highest BCUT2D eigenvalue weighted by Crippen LogP contribution is 2.34. The Kier molecular flexibility index (Phi) is 4.40. The SMILES string of the molecule is CCN(c1ccccc1C)c1cccc(F)c1[C@H](C)N. The molecule has 3 heteroatoms. The number of rotatable bonds is 4. The van der Waals surface area contributed by atoms with Gasteiger partial charge in [-0.15, -0.1) is 0 Å². The molecule has 0 amide bonds. The van der Waals surface area contributed by atoms with Gasteiger partial charge in [0, 0.05) is 29.5 Å². The maximum Gasteiger partial charge on any atom is 0.130 e. The van der Waals surface area contributed by atoms with E-state index in [4.69, 9.17) is 5.73 Å². The predicted molar refractivity (Wildman–Crippen MR) is 82.9 cm³/mol. The highest BCUT2D eigenvalue weighted by atomic mass is 19.1. The molecule has 2 aromatic rings. The van der Waals surface area contributed by atoms with Crippen molar-refractivity contribution < 1.29 is 4.39 Å². The third-order valence-electron chi connectivity index (χ3n) is 3.50. The van der Waals surface area contributed by atoms with Crippen LogP contribution < -0.4 is 10.6 Å². The molecule has 1 atom stereocenters. The summed E-state index contributed by atoms with van der Waals surface area (Å²) in [6, 6.07) is 12.9. The molecule has 0 aromatic heterocycles. The molecular weight excluding hydrogens is 251 g/mol. The standard InChI is InChI=1S/C17H21FN2/c1-4-20(15-10-6-5-8-12(15)2)16-11-7-9-14(18)17(16)13(3)19/h5-11,13H,4,19H2,1-3H3/t13-/m0/s1. The summed E-state index contributed by atoms with van der Waals surface area (Å²) in [5.74, 6) is -0.246. The minimum absolute atomic E-state index is 0.246. The molecule has 0 fully saturated rings. The maximum atomic E-state index is 14.1. The number of para-hydroxylation sites is 1. The van der Waals surface area contributed by atoms with E-state index in [1.165, 1.54) is 6.07 Å².